The highest BCUT2D eigenvalue weighted by molar-refractivity contribution is 4.46. The van der Waals surface area contributed by atoms with Crippen LogP contribution in [0, 0.1) is 20.2 Å². The smallest absolute Gasteiger partial charge is 0.346 e. The van der Waals surface area contributed by atoms with Crippen LogP contribution in [0.2, 0.25) is 0 Å². The summed E-state index contributed by atoms with van der Waals surface area (Å²) in [7, 11) is 0. The molecule has 9 heteroatoms. The molecule has 0 radical (unpaired) electrons. The van der Waals surface area contributed by atoms with Gasteiger partial charge in [0.1, 0.15) is 0 Å². The molecule has 0 unspecified atom stereocenters. The molecule has 0 fully saturated rings. The lowest BCUT2D eigenvalue weighted by Crippen LogP contribution is -2.39. The number of nitrogens with zero attached hydrogens (tertiary/aromatic N) is 2. The van der Waals surface area contributed by atoms with Gasteiger partial charge in [0, 0.05) is 6.42 Å². The van der Waals surface area contributed by atoms with E-state index in [1.54, 1.807) is 0 Å². The zero-order valence-electron chi connectivity index (χ0n) is 6.71. The van der Waals surface area contributed by atoms with Gasteiger partial charge < -0.3 is 5.11 Å². The van der Waals surface area contributed by atoms with Gasteiger partial charge in [-0.2, -0.15) is 0 Å². The molecule has 0 heterocycles. The Labute approximate surface area is 72.1 Å². The molecule has 0 spiro atoms. The molecule has 0 amide bonds. The minimum absolute atomic E-state index is 0.220. The fraction of sp³-hybridized carbons (Fsp3) is 1.00. The number of rotatable bonds is 6. The van der Waals surface area contributed by atoms with E-state index in [0.717, 1.165) is 0 Å². The Kier molecular flexibility index (Phi) is 3.85. The predicted octanol–water partition coefficient (Wildman–Crippen LogP) is -0.151. The maximum Gasteiger partial charge on any atom is 0.364 e. The van der Waals surface area contributed by atoms with E-state index in [1.807, 2.05) is 0 Å². The second-order valence-electron chi connectivity index (χ2n) is 2.09. The molecule has 0 saturated heterocycles. The second kappa shape index (κ2) is 4.40. The Morgan fingerprint density at radius 1 is 1.31 bits per heavy atom. The van der Waals surface area contributed by atoms with Crippen molar-refractivity contribution in [3.05, 3.63) is 20.2 Å². The molecule has 0 aromatic carbocycles. The standard InChI is InChI=1S/C4H8N2O7/c1-2-3-4(7,12-5(8)9)13-6(10)11/h7H,2-3H2,1H3. The molecule has 13 heavy (non-hydrogen) atoms. The highest BCUT2D eigenvalue weighted by Crippen LogP contribution is 2.16. The lowest BCUT2D eigenvalue weighted by Gasteiger charge is -2.21. The average Bonchev–Trinajstić information content (AvgIpc) is 1.81. The monoisotopic (exact) mass is 196 g/mol. The van der Waals surface area contributed by atoms with Crippen molar-refractivity contribution in [2.45, 2.75) is 25.7 Å². The summed E-state index contributed by atoms with van der Waals surface area (Å²) < 4.78 is 0. The van der Waals surface area contributed by atoms with Gasteiger partial charge in [-0.05, 0) is 6.42 Å². The summed E-state index contributed by atoms with van der Waals surface area (Å²) >= 11 is 0. The van der Waals surface area contributed by atoms with E-state index in [1.165, 1.54) is 6.92 Å². The molecule has 0 rings (SSSR count). The van der Waals surface area contributed by atoms with Crippen molar-refractivity contribution in [3.8, 4) is 0 Å². The number of hydrogen-bond acceptors (Lipinski definition) is 7. The molecule has 0 aliphatic carbocycles. The molecule has 76 valence electrons. The molecule has 0 aromatic heterocycles. The molecule has 0 aliphatic rings. The third kappa shape index (κ3) is 4.74. The van der Waals surface area contributed by atoms with E-state index < -0.39 is 16.1 Å². The van der Waals surface area contributed by atoms with Gasteiger partial charge in [-0.15, -0.1) is 20.2 Å². The molecule has 1 N–H and O–H groups in total. The Morgan fingerprint density at radius 2 is 1.69 bits per heavy atom. The molecule has 9 nitrogen and oxygen atoms in total. The summed E-state index contributed by atoms with van der Waals surface area (Å²) in [6.45, 7) is 1.54. The van der Waals surface area contributed by atoms with Gasteiger partial charge in [0.25, 0.3) is 10.2 Å². The van der Waals surface area contributed by atoms with Crippen LogP contribution >= 0.6 is 0 Å². The predicted molar refractivity (Wildman–Crippen MR) is 36.0 cm³/mol. The minimum atomic E-state index is -2.80. The van der Waals surface area contributed by atoms with Crippen molar-refractivity contribution in [1.82, 2.24) is 0 Å². The molecule has 0 atom stereocenters. The largest absolute Gasteiger partial charge is 0.364 e. The first-order valence-electron chi connectivity index (χ1n) is 3.29. The number of hydrogen-bond donors (Lipinski definition) is 1. The van der Waals surface area contributed by atoms with Crippen LogP contribution in [0.25, 0.3) is 0 Å². The van der Waals surface area contributed by atoms with Crippen LogP contribution in [0.4, 0.5) is 0 Å². The zero-order valence-corrected chi connectivity index (χ0v) is 6.71. The van der Waals surface area contributed by atoms with Crippen LogP contribution in [-0.4, -0.2) is 21.3 Å². The first kappa shape index (κ1) is 11.4. The van der Waals surface area contributed by atoms with Crippen LogP contribution in [0.15, 0.2) is 0 Å². The lowest BCUT2D eigenvalue weighted by molar-refractivity contribution is -0.894. The van der Waals surface area contributed by atoms with Gasteiger partial charge >= 0.3 is 5.97 Å². The van der Waals surface area contributed by atoms with Crippen molar-refractivity contribution in [2.75, 3.05) is 0 Å². The lowest BCUT2D eigenvalue weighted by atomic mass is 10.3. The van der Waals surface area contributed by atoms with E-state index in [0.29, 0.717) is 0 Å². The summed E-state index contributed by atoms with van der Waals surface area (Å²) in [6.07, 6.45) is -0.160. The van der Waals surface area contributed by atoms with E-state index >= 15 is 0 Å². The van der Waals surface area contributed by atoms with Gasteiger partial charge in [0.15, 0.2) is 0 Å². The van der Waals surface area contributed by atoms with Gasteiger partial charge in [-0.1, -0.05) is 6.92 Å². The minimum Gasteiger partial charge on any atom is -0.346 e. The van der Waals surface area contributed by atoms with Crippen LogP contribution < -0.4 is 0 Å². The first-order chi connectivity index (χ1) is 5.89. The summed E-state index contributed by atoms with van der Waals surface area (Å²) in [4.78, 5) is 26.8. The Balaban J connectivity index is 4.32. The maximum atomic E-state index is 9.79. The Morgan fingerprint density at radius 3 is 1.92 bits per heavy atom. The van der Waals surface area contributed by atoms with Crippen LogP contribution in [0.1, 0.15) is 19.8 Å². The van der Waals surface area contributed by atoms with E-state index in [2.05, 4.69) is 9.68 Å². The third-order valence-electron chi connectivity index (χ3n) is 1.00. The molecule has 0 bridgehead atoms. The summed E-state index contributed by atoms with van der Waals surface area (Å²) in [5.41, 5.74) is 0. The normalized spacial score (nSPS) is 10.6. The Bertz CT molecular complexity index is 189. The summed E-state index contributed by atoms with van der Waals surface area (Å²) in [6, 6.07) is 0. The third-order valence-corrected chi connectivity index (χ3v) is 1.00. The van der Waals surface area contributed by atoms with Crippen molar-refractivity contribution in [3.63, 3.8) is 0 Å². The average molecular weight is 196 g/mol. The van der Waals surface area contributed by atoms with E-state index in [9.17, 15) is 20.2 Å². The first-order valence-corrected chi connectivity index (χ1v) is 3.29. The molecule has 0 aliphatic heterocycles. The van der Waals surface area contributed by atoms with Gasteiger partial charge in [-0.3, -0.25) is 0 Å². The highest BCUT2D eigenvalue weighted by Gasteiger charge is 2.35. The maximum absolute atomic E-state index is 9.79. The molecule has 0 aromatic rings. The van der Waals surface area contributed by atoms with E-state index in [4.69, 9.17) is 5.11 Å². The van der Waals surface area contributed by atoms with Crippen LogP contribution in [0.5, 0.6) is 0 Å². The molecule has 0 saturated carbocycles. The fourth-order valence-corrected chi connectivity index (χ4v) is 0.657. The van der Waals surface area contributed by atoms with Crippen molar-refractivity contribution in [1.29, 1.82) is 0 Å². The SMILES string of the molecule is CCCC(O)(O[N+](=O)[O-])O[N+](=O)[O-]. The molecular formula is C4H8N2O7. The van der Waals surface area contributed by atoms with Gasteiger partial charge in [-0.25, -0.2) is 9.68 Å². The van der Waals surface area contributed by atoms with Crippen LogP contribution in [-0.2, 0) is 9.68 Å². The van der Waals surface area contributed by atoms with Crippen molar-refractivity contribution < 1.29 is 25.0 Å². The van der Waals surface area contributed by atoms with Crippen LogP contribution in [0.3, 0.4) is 0 Å². The second-order valence-corrected chi connectivity index (χ2v) is 2.09. The van der Waals surface area contributed by atoms with Gasteiger partial charge in [0.05, 0.1) is 0 Å². The Hall–Kier alpha value is -1.64. The molecular weight excluding hydrogens is 188 g/mol. The fourth-order valence-electron chi connectivity index (χ4n) is 0.657. The summed E-state index contributed by atoms with van der Waals surface area (Å²) in [5, 5.41) is 25.9. The quantitative estimate of drug-likeness (QED) is 0.355. The highest BCUT2D eigenvalue weighted by atomic mass is 17.1. The van der Waals surface area contributed by atoms with Crippen molar-refractivity contribution in [2.24, 2.45) is 0 Å². The summed E-state index contributed by atoms with van der Waals surface area (Å²) in [5.74, 6) is -2.80. The zero-order chi connectivity index (χ0) is 10.5. The van der Waals surface area contributed by atoms with E-state index in [-0.39, 0.29) is 12.8 Å². The van der Waals surface area contributed by atoms with Gasteiger partial charge in [0.2, 0.25) is 0 Å². The number of aliphatic hydroxyl groups is 1. The topological polar surface area (TPSA) is 125 Å². The van der Waals surface area contributed by atoms with Crippen molar-refractivity contribution >= 4 is 0 Å².